The van der Waals surface area contributed by atoms with Crippen LogP contribution < -0.4 is 11.1 Å². The monoisotopic (exact) mass is 188 g/mol. The minimum Gasteiger partial charge on any atom is -0.385 e. The van der Waals surface area contributed by atoms with Gasteiger partial charge in [0.1, 0.15) is 0 Å². The molecule has 0 bridgehead atoms. The summed E-state index contributed by atoms with van der Waals surface area (Å²) in [7, 11) is 1.63. The van der Waals surface area contributed by atoms with E-state index in [9.17, 15) is 4.79 Å². The van der Waals surface area contributed by atoms with Crippen LogP contribution in [-0.4, -0.2) is 32.2 Å². The molecule has 0 spiro atoms. The van der Waals surface area contributed by atoms with E-state index < -0.39 is 0 Å². The zero-order valence-electron chi connectivity index (χ0n) is 8.51. The van der Waals surface area contributed by atoms with Crippen molar-refractivity contribution >= 4 is 5.91 Å². The van der Waals surface area contributed by atoms with Crippen LogP contribution in [0, 0.1) is 0 Å². The molecule has 0 rings (SSSR count). The van der Waals surface area contributed by atoms with Crippen molar-refractivity contribution in [2.45, 2.75) is 32.2 Å². The van der Waals surface area contributed by atoms with Crippen LogP contribution in [0.5, 0.6) is 0 Å². The van der Waals surface area contributed by atoms with Gasteiger partial charge in [-0.2, -0.15) is 0 Å². The van der Waals surface area contributed by atoms with Crippen molar-refractivity contribution in [1.82, 2.24) is 5.32 Å². The topological polar surface area (TPSA) is 64.3 Å². The van der Waals surface area contributed by atoms with E-state index in [4.69, 9.17) is 10.5 Å². The number of methoxy groups -OCH3 is 1. The molecule has 1 unspecified atom stereocenters. The maximum Gasteiger partial charge on any atom is 0.220 e. The maximum atomic E-state index is 11.2. The second-order valence-electron chi connectivity index (χ2n) is 3.00. The van der Waals surface area contributed by atoms with E-state index >= 15 is 0 Å². The van der Waals surface area contributed by atoms with Crippen LogP contribution in [0.3, 0.4) is 0 Å². The van der Waals surface area contributed by atoms with Gasteiger partial charge in [0.2, 0.25) is 5.91 Å². The Morgan fingerprint density at radius 3 is 2.77 bits per heavy atom. The van der Waals surface area contributed by atoms with Gasteiger partial charge in [0.05, 0.1) is 0 Å². The van der Waals surface area contributed by atoms with Crippen LogP contribution in [-0.2, 0) is 9.53 Å². The van der Waals surface area contributed by atoms with Crippen LogP contribution in [0.25, 0.3) is 0 Å². The molecule has 0 saturated heterocycles. The third-order valence-corrected chi connectivity index (χ3v) is 1.89. The first-order valence-corrected chi connectivity index (χ1v) is 4.73. The lowest BCUT2D eigenvalue weighted by Gasteiger charge is -2.14. The number of amides is 1. The summed E-state index contributed by atoms with van der Waals surface area (Å²) in [4.78, 5) is 11.2. The Kier molecular flexibility index (Phi) is 7.63. The lowest BCUT2D eigenvalue weighted by Crippen LogP contribution is -2.39. The number of hydrogen-bond donors (Lipinski definition) is 2. The molecule has 0 saturated carbocycles. The van der Waals surface area contributed by atoms with Crippen molar-refractivity contribution in [2.24, 2.45) is 5.73 Å². The van der Waals surface area contributed by atoms with E-state index in [-0.39, 0.29) is 11.9 Å². The summed E-state index contributed by atoms with van der Waals surface area (Å²) in [6.45, 7) is 3.15. The fourth-order valence-corrected chi connectivity index (χ4v) is 1.00. The SMILES string of the molecule is CCC(CN)NC(=O)CCCOC. The van der Waals surface area contributed by atoms with Crippen molar-refractivity contribution in [3.63, 3.8) is 0 Å². The van der Waals surface area contributed by atoms with E-state index in [0.29, 0.717) is 19.6 Å². The summed E-state index contributed by atoms with van der Waals surface area (Å²) in [5, 5.41) is 2.86. The van der Waals surface area contributed by atoms with E-state index in [1.165, 1.54) is 0 Å². The van der Waals surface area contributed by atoms with Crippen molar-refractivity contribution in [2.75, 3.05) is 20.3 Å². The minimum atomic E-state index is 0.0642. The molecule has 0 fully saturated rings. The largest absolute Gasteiger partial charge is 0.385 e. The van der Waals surface area contributed by atoms with E-state index in [0.717, 1.165) is 12.8 Å². The molecular weight excluding hydrogens is 168 g/mol. The highest BCUT2D eigenvalue weighted by molar-refractivity contribution is 5.76. The Labute approximate surface area is 79.8 Å². The zero-order valence-corrected chi connectivity index (χ0v) is 8.51. The molecular formula is C9H20N2O2. The molecule has 0 radical (unpaired) electrons. The average molecular weight is 188 g/mol. The summed E-state index contributed by atoms with van der Waals surface area (Å²) < 4.78 is 4.85. The predicted molar refractivity (Wildman–Crippen MR) is 52.4 cm³/mol. The third kappa shape index (κ3) is 6.54. The lowest BCUT2D eigenvalue weighted by molar-refractivity contribution is -0.122. The van der Waals surface area contributed by atoms with Gasteiger partial charge in [-0.3, -0.25) is 4.79 Å². The fourth-order valence-electron chi connectivity index (χ4n) is 1.00. The maximum absolute atomic E-state index is 11.2. The van der Waals surface area contributed by atoms with Gasteiger partial charge in [-0.25, -0.2) is 0 Å². The summed E-state index contributed by atoms with van der Waals surface area (Å²) in [5.74, 6) is 0.0642. The molecule has 13 heavy (non-hydrogen) atoms. The Morgan fingerprint density at radius 2 is 2.31 bits per heavy atom. The number of nitrogens with two attached hydrogens (primary N) is 1. The first-order valence-electron chi connectivity index (χ1n) is 4.73. The van der Waals surface area contributed by atoms with Crippen LogP contribution in [0.1, 0.15) is 26.2 Å². The molecule has 0 aliphatic rings. The van der Waals surface area contributed by atoms with Crippen molar-refractivity contribution in [3.05, 3.63) is 0 Å². The van der Waals surface area contributed by atoms with Crippen LogP contribution in [0.2, 0.25) is 0 Å². The summed E-state index contributed by atoms with van der Waals surface area (Å²) in [6, 6.07) is 0.120. The standard InChI is InChI=1S/C9H20N2O2/c1-3-8(7-10)11-9(12)5-4-6-13-2/h8H,3-7,10H2,1-2H3,(H,11,12). The molecule has 0 aliphatic heterocycles. The number of rotatable bonds is 7. The fraction of sp³-hybridized carbons (Fsp3) is 0.889. The van der Waals surface area contributed by atoms with Gasteiger partial charge in [0.25, 0.3) is 0 Å². The second kappa shape index (κ2) is 8.01. The van der Waals surface area contributed by atoms with Crippen LogP contribution >= 0.6 is 0 Å². The summed E-state index contributed by atoms with van der Waals surface area (Å²) in [6.07, 6.45) is 2.17. The highest BCUT2D eigenvalue weighted by atomic mass is 16.5. The van der Waals surface area contributed by atoms with Crippen molar-refractivity contribution in [3.8, 4) is 0 Å². The number of nitrogens with one attached hydrogen (secondary N) is 1. The molecule has 0 aromatic rings. The van der Waals surface area contributed by atoms with Gasteiger partial charge in [0.15, 0.2) is 0 Å². The van der Waals surface area contributed by atoms with E-state index in [1.807, 2.05) is 6.92 Å². The Balaban J connectivity index is 3.48. The quantitative estimate of drug-likeness (QED) is 0.563. The van der Waals surface area contributed by atoms with Crippen LogP contribution in [0.15, 0.2) is 0 Å². The average Bonchev–Trinajstić information content (AvgIpc) is 2.14. The van der Waals surface area contributed by atoms with Gasteiger partial charge >= 0.3 is 0 Å². The molecule has 78 valence electrons. The molecule has 1 amide bonds. The Hall–Kier alpha value is -0.610. The van der Waals surface area contributed by atoms with Gasteiger partial charge in [0, 0.05) is 32.7 Å². The van der Waals surface area contributed by atoms with E-state index in [2.05, 4.69) is 5.32 Å². The van der Waals surface area contributed by atoms with Gasteiger partial charge < -0.3 is 15.8 Å². The number of ether oxygens (including phenoxy) is 1. The molecule has 0 aliphatic carbocycles. The Bertz CT molecular complexity index is 136. The minimum absolute atomic E-state index is 0.0642. The first-order chi connectivity index (χ1) is 6.24. The van der Waals surface area contributed by atoms with Gasteiger partial charge in [-0.15, -0.1) is 0 Å². The Morgan fingerprint density at radius 1 is 1.62 bits per heavy atom. The molecule has 0 aromatic heterocycles. The zero-order chi connectivity index (χ0) is 10.1. The first kappa shape index (κ1) is 12.4. The second-order valence-corrected chi connectivity index (χ2v) is 3.00. The van der Waals surface area contributed by atoms with Gasteiger partial charge in [-0.05, 0) is 12.8 Å². The van der Waals surface area contributed by atoms with Crippen molar-refractivity contribution < 1.29 is 9.53 Å². The molecule has 3 N–H and O–H groups in total. The third-order valence-electron chi connectivity index (χ3n) is 1.89. The van der Waals surface area contributed by atoms with E-state index in [1.54, 1.807) is 7.11 Å². The molecule has 0 heterocycles. The molecule has 1 atom stereocenters. The molecule has 0 aromatic carbocycles. The highest BCUT2D eigenvalue weighted by Crippen LogP contribution is 1.93. The molecule has 4 heteroatoms. The number of carbonyl (C=O) groups is 1. The highest BCUT2D eigenvalue weighted by Gasteiger charge is 2.07. The number of hydrogen-bond acceptors (Lipinski definition) is 3. The summed E-state index contributed by atoms with van der Waals surface area (Å²) >= 11 is 0. The smallest absolute Gasteiger partial charge is 0.220 e. The normalized spacial score (nSPS) is 12.5. The van der Waals surface area contributed by atoms with Gasteiger partial charge in [-0.1, -0.05) is 6.92 Å². The summed E-state index contributed by atoms with van der Waals surface area (Å²) in [5.41, 5.74) is 5.45. The predicted octanol–water partition coefficient (Wildman–Crippen LogP) is 0.267. The van der Waals surface area contributed by atoms with Crippen molar-refractivity contribution in [1.29, 1.82) is 0 Å². The number of carbonyl (C=O) groups excluding carboxylic acids is 1. The van der Waals surface area contributed by atoms with Crippen LogP contribution in [0.4, 0.5) is 0 Å². The molecule has 4 nitrogen and oxygen atoms in total. The lowest BCUT2D eigenvalue weighted by atomic mass is 10.2.